The Kier molecular flexibility index (Phi) is 6.08. The molecule has 1 unspecified atom stereocenters. The molecule has 0 aliphatic carbocycles. The van der Waals surface area contributed by atoms with Crippen LogP contribution in [0.2, 0.25) is 0 Å². The van der Waals surface area contributed by atoms with E-state index in [4.69, 9.17) is 10.2 Å². The average molecular weight is 230 g/mol. The first-order valence-electron chi connectivity index (χ1n) is 5.73. The summed E-state index contributed by atoms with van der Waals surface area (Å²) in [6.45, 7) is 5.40. The molecule has 0 saturated carbocycles. The first kappa shape index (κ1) is 14.9. The van der Waals surface area contributed by atoms with E-state index in [9.17, 15) is 9.59 Å². The van der Waals surface area contributed by atoms with Crippen LogP contribution in [0.1, 0.15) is 52.9 Å². The van der Waals surface area contributed by atoms with Crippen molar-refractivity contribution in [3.63, 3.8) is 0 Å². The summed E-state index contributed by atoms with van der Waals surface area (Å²) in [4.78, 5) is 21.2. The molecule has 0 saturated heterocycles. The zero-order valence-corrected chi connectivity index (χ0v) is 10.3. The van der Waals surface area contributed by atoms with Crippen LogP contribution in [0.25, 0.3) is 0 Å². The number of carbonyl (C=O) groups is 2. The lowest BCUT2D eigenvalue weighted by Crippen LogP contribution is -2.31. The Morgan fingerprint density at radius 1 is 1.12 bits per heavy atom. The second kappa shape index (κ2) is 6.51. The topological polar surface area (TPSA) is 74.6 Å². The first-order valence-corrected chi connectivity index (χ1v) is 5.73. The van der Waals surface area contributed by atoms with E-state index in [-0.39, 0.29) is 12.3 Å². The molecule has 1 atom stereocenters. The van der Waals surface area contributed by atoms with E-state index in [0.717, 1.165) is 19.3 Å². The summed E-state index contributed by atoms with van der Waals surface area (Å²) in [6, 6.07) is 0. The molecular formula is C12H22O4. The highest BCUT2D eigenvalue weighted by Gasteiger charge is 2.33. The van der Waals surface area contributed by atoms with Crippen LogP contribution in [-0.4, -0.2) is 22.2 Å². The molecule has 4 nitrogen and oxygen atoms in total. The Balaban J connectivity index is 3.77. The minimum absolute atomic E-state index is 0.106. The fourth-order valence-corrected chi connectivity index (χ4v) is 1.48. The van der Waals surface area contributed by atoms with Gasteiger partial charge in [0.05, 0.1) is 5.41 Å². The third-order valence-corrected chi connectivity index (χ3v) is 3.31. The summed E-state index contributed by atoms with van der Waals surface area (Å²) < 4.78 is 0. The normalized spacial score (nSPS) is 13.4. The molecule has 0 aromatic heterocycles. The van der Waals surface area contributed by atoms with Gasteiger partial charge in [-0.15, -0.1) is 0 Å². The maximum atomic E-state index is 11.0. The molecule has 4 heteroatoms. The van der Waals surface area contributed by atoms with E-state index in [1.807, 2.05) is 6.92 Å². The van der Waals surface area contributed by atoms with E-state index in [2.05, 4.69) is 0 Å². The number of rotatable bonds is 8. The molecule has 0 aromatic carbocycles. The van der Waals surface area contributed by atoms with Crippen molar-refractivity contribution >= 4 is 11.9 Å². The SMILES string of the molecule is CC(CCCCCC(=O)O)C(C)(C)C(=O)O. The molecule has 94 valence electrons. The molecule has 0 aromatic rings. The second-order valence-electron chi connectivity index (χ2n) is 4.92. The van der Waals surface area contributed by atoms with E-state index < -0.39 is 17.4 Å². The lowest BCUT2D eigenvalue weighted by atomic mass is 9.77. The van der Waals surface area contributed by atoms with Gasteiger partial charge < -0.3 is 10.2 Å². The van der Waals surface area contributed by atoms with E-state index in [1.165, 1.54) is 0 Å². The van der Waals surface area contributed by atoms with Crippen LogP contribution in [0.4, 0.5) is 0 Å². The van der Waals surface area contributed by atoms with Gasteiger partial charge in [-0.2, -0.15) is 0 Å². The number of carboxylic acid groups (broad SMARTS) is 2. The van der Waals surface area contributed by atoms with Crippen molar-refractivity contribution in [2.45, 2.75) is 52.9 Å². The van der Waals surface area contributed by atoms with Gasteiger partial charge in [-0.05, 0) is 32.6 Å². The Morgan fingerprint density at radius 2 is 1.69 bits per heavy atom. The average Bonchev–Trinajstić information content (AvgIpc) is 2.16. The monoisotopic (exact) mass is 230 g/mol. The molecule has 0 spiro atoms. The van der Waals surface area contributed by atoms with E-state index >= 15 is 0 Å². The lowest BCUT2D eigenvalue weighted by molar-refractivity contribution is -0.149. The number of carboxylic acids is 2. The molecule has 0 aliphatic heterocycles. The fourth-order valence-electron chi connectivity index (χ4n) is 1.48. The van der Waals surface area contributed by atoms with Crippen molar-refractivity contribution < 1.29 is 19.8 Å². The van der Waals surface area contributed by atoms with Crippen LogP contribution < -0.4 is 0 Å². The molecule has 0 radical (unpaired) electrons. The number of aliphatic carboxylic acids is 2. The van der Waals surface area contributed by atoms with Crippen molar-refractivity contribution in [2.75, 3.05) is 0 Å². The zero-order chi connectivity index (χ0) is 12.8. The van der Waals surface area contributed by atoms with Gasteiger partial charge in [0.2, 0.25) is 0 Å². The molecule has 16 heavy (non-hydrogen) atoms. The Morgan fingerprint density at radius 3 is 2.12 bits per heavy atom. The van der Waals surface area contributed by atoms with Gasteiger partial charge in [0, 0.05) is 6.42 Å². The molecule has 0 fully saturated rings. The zero-order valence-electron chi connectivity index (χ0n) is 10.3. The standard InChI is InChI=1S/C12H22O4/c1-9(12(2,3)11(15)16)7-5-4-6-8-10(13)14/h9H,4-8H2,1-3H3,(H,13,14)(H,15,16). The van der Waals surface area contributed by atoms with Crippen molar-refractivity contribution in [3.8, 4) is 0 Å². The Bertz CT molecular complexity index is 245. The summed E-state index contributed by atoms with van der Waals surface area (Å²) in [6.07, 6.45) is 3.46. The quantitative estimate of drug-likeness (QED) is 0.629. The Hall–Kier alpha value is -1.06. The van der Waals surface area contributed by atoms with Gasteiger partial charge in [-0.25, -0.2) is 0 Å². The van der Waals surface area contributed by atoms with Gasteiger partial charge in [0.15, 0.2) is 0 Å². The molecule has 0 rings (SSSR count). The minimum atomic E-state index is -0.773. The molecule has 2 N–H and O–H groups in total. The summed E-state index contributed by atoms with van der Waals surface area (Å²) in [5.41, 5.74) is -0.702. The van der Waals surface area contributed by atoms with Crippen LogP contribution in [0.5, 0.6) is 0 Å². The van der Waals surface area contributed by atoms with Crippen molar-refractivity contribution in [1.29, 1.82) is 0 Å². The van der Waals surface area contributed by atoms with Crippen molar-refractivity contribution in [1.82, 2.24) is 0 Å². The third-order valence-electron chi connectivity index (χ3n) is 3.31. The fraction of sp³-hybridized carbons (Fsp3) is 0.833. The highest BCUT2D eigenvalue weighted by atomic mass is 16.4. The third kappa shape index (κ3) is 5.14. The van der Waals surface area contributed by atoms with Gasteiger partial charge in [-0.1, -0.05) is 19.8 Å². The van der Waals surface area contributed by atoms with Gasteiger partial charge >= 0.3 is 11.9 Å². The number of hydrogen-bond acceptors (Lipinski definition) is 2. The van der Waals surface area contributed by atoms with Crippen LogP contribution >= 0.6 is 0 Å². The molecule has 0 amide bonds. The summed E-state index contributed by atoms with van der Waals surface area (Å²) >= 11 is 0. The maximum absolute atomic E-state index is 11.0. The largest absolute Gasteiger partial charge is 0.481 e. The summed E-state index contributed by atoms with van der Waals surface area (Å²) in [5, 5.41) is 17.5. The highest BCUT2D eigenvalue weighted by molar-refractivity contribution is 5.73. The molecular weight excluding hydrogens is 208 g/mol. The van der Waals surface area contributed by atoms with Crippen molar-refractivity contribution in [3.05, 3.63) is 0 Å². The number of unbranched alkanes of at least 4 members (excludes halogenated alkanes) is 2. The summed E-state index contributed by atoms with van der Waals surface area (Å²) in [5.74, 6) is -1.43. The maximum Gasteiger partial charge on any atom is 0.309 e. The van der Waals surface area contributed by atoms with Crippen LogP contribution in [0.15, 0.2) is 0 Å². The Labute approximate surface area is 96.7 Å². The van der Waals surface area contributed by atoms with Gasteiger partial charge in [0.25, 0.3) is 0 Å². The van der Waals surface area contributed by atoms with E-state index in [1.54, 1.807) is 13.8 Å². The van der Waals surface area contributed by atoms with E-state index in [0.29, 0.717) is 6.42 Å². The van der Waals surface area contributed by atoms with Crippen LogP contribution in [-0.2, 0) is 9.59 Å². The molecule has 0 aliphatic rings. The van der Waals surface area contributed by atoms with Gasteiger partial charge in [0.1, 0.15) is 0 Å². The first-order chi connectivity index (χ1) is 7.28. The van der Waals surface area contributed by atoms with Gasteiger partial charge in [-0.3, -0.25) is 9.59 Å². The van der Waals surface area contributed by atoms with Crippen LogP contribution in [0.3, 0.4) is 0 Å². The molecule has 0 bridgehead atoms. The van der Waals surface area contributed by atoms with Crippen molar-refractivity contribution in [2.24, 2.45) is 11.3 Å². The van der Waals surface area contributed by atoms with Crippen LogP contribution in [0, 0.1) is 11.3 Å². The lowest BCUT2D eigenvalue weighted by Gasteiger charge is -2.27. The highest BCUT2D eigenvalue weighted by Crippen LogP contribution is 2.30. The second-order valence-corrected chi connectivity index (χ2v) is 4.92. The minimum Gasteiger partial charge on any atom is -0.481 e. The number of hydrogen-bond donors (Lipinski definition) is 2. The predicted molar refractivity (Wildman–Crippen MR) is 61.3 cm³/mol. The molecule has 0 heterocycles. The summed E-state index contributed by atoms with van der Waals surface area (Å²) in [7, 11) is 0. The smallest absolute Gasteiger partial charge is 0.309 e. The predicted octanol–water partition coefficient (Wildman–Crippen LogP) is 2.77.